The molecule has 2 aromatic rings. The number of hydrogen-bond donors (Lipinski definition) is 0. The third kappa shape index (κ3) is 3.90. The summed E-state index contributed by atoms with van der Waals surface area (Å²) >= 11 is 13.1. The van der Waals surface area contributed by atoms with Crippen molar-refractivity contribution < 1.29 is 13.2 Å². The molecule has 2 aromatic heterocycles. The van der Waals surface area contributed by atoms with Crippen molar-refractivity contribution >= 4 is 40.6 Å². The standard InChI is InChI=1S/C13H12Cl2F3N5S/c14-9-5-8(13(16,17)18)6-19-12(9)23-3-1-22(2-4-23)7-10-11(15)24-21-20-10/h5-6H,1-4,7H2. The van der Waals surface area contributed by atoms with E-state index in [0.717, 1.165) is 29.5 Å². The summed E-state index contributed by atoms with van der Waals surface area (Å²) in [5.74, 6) is 0.373. The highest BCUT2D eigenvalue weighted by Crippen LogP contribution is 2.33. The highest BCUT2D eigenvalue weighted by Gasteiger charge is 2.32. The van der Waals surface area contributed by atoms with E-state index >= 15 is 0 Å². The van der Waals surface area contributed by atoms with Gasteiger partial charge in [0.1, 0.15) is 15.8 Å². The van der Waals surface area contributed by atoms with Gasteiger partial charge >= 0.3 is 6.18 Å². The maximum atomic E-state index is 12.7. The van der Waals surface area contributed by atoms with Gasteiger partial charge in [0.15, 0.2) is 0 Å². The number of hydrogen-bond acceptors (Lipinski definition) is 6. The first-order chi connectivity index (χ1) is 11.3. The average Bonchev–Trinajstić information content (AvgIpc) is 2.92. The average molecular weight is 398 g/mol. The second kappa shape index (κ2) is 6.99. The molecule has 1 saturated heterocycles. The number of alkyl halides is 3. The van der Waals surface area contributed by atoms with Crippen LogP contribution in [0, 0.1) is 0 Å². The van der Waals surface area contributed by atoms with Crippen LogP contribution in [-0.4, -0.2) is 45.6 Å². The van der Waals surface area contributed by atoms with E-state index in [1.807, 2.05) is 4.90 Å². The molecule has 1 aliphatic heterocycles. The molecule has 0 atom stereocenters. The number of anilines is 1. The van der Waals surface area contributed by atoms with Crippen LogP contribution in [0.25, 0.3) is 0 Å². The third-order valence-electron chi connectivity index (χ3n) is 3.70. The number of aromatic nitrogens is 3. The molecule has 5 nitrogen and oxygen atoms in total. The smallest absolute Gasteiger partial charge is 0.353 e. The normalized spacial score (nSPS) is 16.6. The summed E-state index contributed by atoms with van der Waals surface area (Å²) in [5, 5.41) is 3.98. The molecule has 0 N–H and O–H groups in total. The Morgan fingerprint density at radius 2 is 1.88 bits per heavy atom. The second-order valence-corrected chi connectivity index (χ2v) is 7.05. The Balaban J connectivity index is 1.63. The van der Waals surface area contributed by atoms with E-state index in [2.05, 4.69) is 19.5 Å². The minimum absolute atomic E-state index is 0.00465. The summed E-state index contributed by atoms with van der Waals surface area (Å²) in [6.45, 7) is 3.21. The highest BCUT2D eigenvalue weighted by atomic mass is 35.5. The molecule has 11 heteroatoms. The van der Waals surface area contributed by atoms with Crippen LogP contribution in [0.2, 0.25) is 9.36 Å². The van der Waals surface area contributed by atoms with Gasteiger partial charge in [0.2, 0.25) is 0 Å². The van der Waals surface area contributed by atoms with E-state index in [9.17, 15) is 13.2 Å². The van der Waals surface area contributed by atoms with Gasteiger partial charge in [-0.2, -0.15) is 13.2 Å². The van der Waals surface area contributed by atoms with Gasteiger partial charge in [0, 0.05) is 50.5 Å². The van der Waals surface area contributed by atoms with E-state index < -0.39 is 11.7 Å². The first kappa shape index (κ1) is 17.7. The zero-order valence-electron chi connectivity index (χ0n) is 12.2. The van der Waals surface area contributed by atoms with Crippen molar-refractivity contribution in [3.63, 3.8) is 0 Å². The summed E-state index contributed by atoms with van der Waals surface area (Å²) in [6, 6.07) is 0.914. The van der Waals surface area contributed by atoms with Gasteiger partial charge in [-0.25, -0.2) is 4.98 Å². The lowest BCUT2D eigenvalue weighted by Gasteiger charge is -2.35. The number of halogens is 5. The van der Waals surface area contributed by atoms with Crippen LogP contribution in [-0.2, 0) is 12.7 Å². The van der Waals surface area contributed by atoms with E-state index in [4.69, 9.17) is 23.2 Å². The number of pyridine rings is 1. The SMILES string of the molecule is FC(F)(F)c1cnc(N2CCN(Cc3nnsc3Cl)CC2)c(Cl)c1. The van der Waals surface area contributed by atoms with Gasteiger partial charge in [-0.15, -0.1) is 5.10 Å². The monoisotopic (exact) mass is 397 g/mol. The van der Waals surface area contributed by atoms with Crippen LogP contribution in [0.3, 0.4) is 0 Å². The van der Waals surface area contributed by atoms with Crippen molar-refractivity contribution in [2.75, 3.05) is 31.1 Å². The lowest BCUT2D eigenvalue weighted by molar-refractivity contribution is -0.137. The Kier molecular flexibility index (Phi) is 5.14. The zero-order valence-corrected chi connectivity index (χ0v) is 14.6. The van der Waals surface area contributed by atoms with Crippen molar-refractivity contribution in [3.8, 4) is 0 Å². The maximum Gasteiger partial charge on any atom is 0.417 e. The Bertz CT molecular complexity index is 716. The molecule has 0 bridgehead atoms. The van der Waals surface area contributed by atoms with Crippen molar-refractivity contribution in [3.05, 3.63) is 32.9 Å². The minimum atomic E-state index is -4.45. The van der Waals surface area contributed by atoms with Gasteiger partial charge in [-0.3, -0.25) is 4.90 Å². The fraction of sp³-hybridized carbons (Fsp3) is 0.462. The van der Waals surface area contributed by atoms with Crippen LogP contribution in [0.1, 0.15) is 11.3 Å². The molecule has 0 aliphatic carbocycles. The van der Waals surface area contributed by atoms with Crippen molar-refractivity contribution in [2.24, 2.45) is 0 Å². The van der Waals surface area contributed by atoms with Gasteiger partial charge < -0.3 is 4.90 Å². The van der Waals surface area contributed by atoms with Gasteiger partial charge in [-0.05, 0) is 6.07 Å². The third-order valence-corrected chi connectivity index (χ3v) is 4.97. The highest BCUT2D eigenvalue weighted by molar-refractivity contribution is 7.10. The summed E-state index contributed by atoms with van der Waals surface area (Å²) in [4.78, 5) is 7.92. The Morgan fingerprint density at radius 1 is 1.17 bits per heavy atom. The molecular formula is C13H12Cl2F3N5S. The molecule has 1 fully saturated rings. The molecule has 0 unspecified atom stereocenters. The predicted octanol–water partition coefficient (Wildman–Crippen LogP) is 3.58. The summed E-state index contributed by atoms with van der Waals surface area (Å²) in [6.07, 6.45) is -3.64. The molecule has 3 heterocycles. The maximum absolute atomic E-state index is 12.7. The Labute approximate surface area is 150 Å². The fourth-order valence-corrected chi connectivity index (χ4v) is 3.34. The van der Waals surface area contributed by atoms with Gasteiger partial charge in [0.05, 0.1) is 10.6 Å². The minimum Gasteiger partial charge on any atom is -0.353 e. The quantitative estimate of drug-likeness (QED) is 0.791. The van der Waals surface area contributed by atoms with Crippen LogP contribution in [0.4, 0.5) is 19.0 Å². The molecule has 0 aromatic carbocycles. The summed E-state index contributed by atoms with van der Waals surface area (Å²) in [5.41, 5.74) is -0.110. The van der Waals surface area contributed by atoms with E-state index in [-0.39, 0.29) is 5.02 Å². The molecule has 0 radical (unpaired) electrons. The molecule has 24 heavy (non-hydrogen) atoms. The topological polar surface area (TPSA) is 45.2 Å². The van der Waals surface area contributed by atoms with E-state index in [1.165, 1.54) is 0 Å². The molecule has 0 saturated carbocycles. The van der Waals surface area contributed by atoms with Crippen LogP contribution >= 0.6 is 34.7 Å². The van der Waals surface area contributed by atoms with Crippen LogP contribution in [0.15, 0.2) is 12.3 Å². The lowest BCUT2D eigenvalue weighted by Crippen LogP contribution is -2.46. The predicted molar refractivity (Wildman–Crippen MR) is 86.7 cm³/mol. The van der Waals surface area contributed by atoms with Crippen molar-refractivity contribution in [1.82, 2.24) is 19.5 Å². The Hall–Kier alpha value is -1.16. The van der Waals surface area contributed by atoms with Crippen molar-refractivity contribution in [2.45, 2.75) is 12.7 Å². The molecule has 130 valence electrons. The van der Waals surface area contributed by atoms with Crippen molar-refractivity contribution in [1.29, 1.82) is 0 Å². The van der Waals surface area contributed by atoms with E-state index in [1.54, 1.807) is 0 Å². The van der Waals surface area contributed by atoms with E-state index in [0.29, 0.717) is 42.9 Å². The van der Waals surface area contributed by atoms with Gasteiger partial charge in [-0.1, -0.05) is 27.7 Å². The molecule has 0 amide bonds. The second-order valence-electron chi connectivity index (χ2n) is 5.28. The number of rotatable bonds is 3. The largest absolute Gasteiger partial charge is 0.417 e. The fourth-order valence-electron chi connectivity index (χ4n) is 2.44. The number of nitrogens with zero attached hydrogens (tertiary/aromatic N) is 5. The van der Waals surface area contributed by atoms with Crippen LogP contribution in [0.5, 0.6) is 0 Å². The molecule has 1 aliphatic rings. The van der Waals surface area contributed by atoms with Gasteiger partial charge in [0.25, 0.3) is 0 Å². The lowest BCUT2D eigenvalue weighted by atomic mass is 10.2. The summed E-state index contributed by atoms with van der Waals surface area (Å²) < 4.78 is 42.4. The summed E-state index contributed by atoms with van der Waals surface area (Å²) in [7, 11) is 0. The molecule has 0 spiro atoms. The molecular weight excluding hydrogens is 386 g/mol. The van der Waals surface area contributed by atoms with Crippen LogP contribution < -0.4 is 4.90 Å². The molecule has 3 rings (SSSR count). The first-order valence-corrected chi connectivity index (χ1v) is 8.54. The number of piperazine rings is 1. The Morgan fingerprint density at radius 3 is 2.42 bits per heavy atom. The zero-order chi connectivity index (χ0) is 17.3. The first-order valence-electron chi connectivity index (χ1n) is 7.01.